The molecule has 0 N–H and O–H groups in total. The van der Waals surface area contributed by atoms with Gasteiger partial charge in [-0.1, -0.05) is 412 Å². The zero-order valence-electron chi connectivity index (χ0n) is 49.1. The molecule has 416 valence electrons. The lowest BCUT2D eigenvalue weighted by Gasteiger charge is -2.06. The standard InChI is InChI=1S/C68H138O/c1-3-5-7-9-11-13-15-17-19-21-23-25-27-29-31-33-35-37-39-41-43-45-47-49-51-53-55-57-59-61-63-65-67-69-68-66-64-62-60-58-56-54-52-50-48-46-44-42-40-38-36-34-32-30-28-26-24-22-20-18-16-14-12-10-8-6-4-2/h3-68H2,1-2H3. The lowest BCUT2D eigenvalue weighted by atomic mass is 10.0. The Balaban J connectivity index is 3.07. The summed E-state index contributed by atoms with van der Waals surface area (Å²) in [6.45, 7) is 6.63. The van der Waals surface area contributed by atoms with Gasteiger partial charge in [-0.2, -0.15) is 0 Å². The second-order valence-electron chi connectivity index (χ2n) is 23.5. The van der Waals surface area contributed by atoms with Crippen LogP contribution in [0.15, 0.2) is 0 Å². The number of unbranched alkanes of at least 4 members (excludes halogenated alkanes) is 62. The Labute approximate surface area is 440 Å². The van der Waals surface area contributed by atoms with Crippen molar-refractivity contribution in [2.24, 2.45) is 0 Å². The van der Waals surface area contributed by atoms with Crippen LogP contribution in [0.3, 0.4) is 0 Å². The molecule has 0 rings (SSSR count). The third kappa shape index (κ3) is 68.0. The summed E-state index contributed by atoms with van der Waals surface area (Å²) in [5.74, 6) is 0. The summed E-state index contributed by atoms with van der Waals surface area (Å²) in [5, 5.41) is 0. The maximum absolute atomic E-state index is 5.97. The van der Waals surface area contributed by atoms with E-state index in [1.54, 1.807) is 0 Å². The van der Waals surface area contributed by atoms with Gasteiger partial charge in [0, 0.05) is 13.2 Å². The molecule has 0 heterocycles. The zero-order valence-corrected chi connectivity index (χ0v) is 49.1. The highest BCUT2D eigenvalue weighted by molar-refractivity contribution is 4.56. The molecule has 1 heteroatoms. The summed E-state index contributed by atoms with van der Waals surface area (Å²) < 4.78 is 5.97. The van der Waals surface area contributed by atoms with Crippen molar-refractivity contribution >= 4 is 0 Å². The predicted octanol–water partition coefficient (Wildman–Crippen LogP) is 26.0. The molecule has 69 heavy (non-hydrogen) atoms. The molecular formula is C68H138O. The van der Waals surface area contributed by atoms with E-state index in [-0.39, 0.29) is 0 Å². The average Bonchev–Trinajstić information content (AvgIpc) is 3.36. The molecule has 0 saturated carbocycles. The van der Waals surface area contributed by atoms with Crippen molar-refractivity contribution < 1.29 is 4.74 Å². The van der Waals surface area contributed by atoms with Crippen molar-refractivity contribution in [2.45, 2.75) is 425 Å². The van der Waals surface area contributed by atoms with Crippen molar-refractivity contribution in [2.75, 3.05) is 13.2 Å². The number of ether oxygens (including phenoxy) is 1. The summed E-state index contributed by atoms with van der Waals surface area (Å²) in [7, 11) is 0. The fourth-order valence-corrected chi connectivity index (χ4v) is 11.3. The van der Waals surface area contributed by atoms with Crippen molar-refractivity contribution in [3.05, 3.63) is 0 Å². The van der Waals surface area contributed by atoms with Crippen molar-refractivity contribution in [3.63, 3.8) is 0 Å². The van der Waals surface area contributed by atoms with E-state index in [9.17, 15) is 0 Å². The first-order chi connectivity index (χ1) is 34.4. The third-order valence-electron chi connectivity index (χ3n) is 16.3. The second-order valence-corrected chi connectivity index (χ2v) is 23.5. The van der Waals surface area contributed by atoms with Crippen LogP contribution < -0.4 is 0 Å². The molecule has 0 radical (unpaired) electrons. The molecule has 0 aliphatic rings. The van der Waals surface area contributed by atoms with Crippen LogP contribution in [0.25, 0.3) is 0 Å². The van der Waals surface area contributed by atoms with E-state index < -0.39 is 0 Å². The van der Waals surface area contributed by atoms with Crippen LogP contribution in [0.2, 0.25) is 0 Å². The van der Waals surface area contributed by atoms with Gasteiger partial charge in [-0.15, -0.1) is 0 Å². The highest BCUT2D eigenvalue weighted by Crippen LogP contribution is 2.20. The predicted molar refractivity (Wildman–Crippen MR) is 318 cm³/mol. The molecule has 0 fully saturated rings. The maximum atomic E-state index is 5.97. The van der Waals surface area contributed by atoms with E-state index in [1.165, 1.54) is 411 Å². The number of rotatable bonds is 66. The largest absolute Gasteiger partial charge is 0.381 e. The third-order valence-corrected chi connectivity index (χ3v) is 16.3. The number of hydrogen-bond acceptors (Lipinski definition) is 1. The van der Waals surface area contributed by atoms with Crippen LogP contribution in [-0.4, -0.2) is 13.2 Å². The van der Waals surface area contributed by atoms with Gasteiger partial charge >= 0.3 is 0 Å². The molecule has 0 spiro atoms. The monoisotopic (exact) mass is 971 g/mol. The molecule has 0 aliphatic heterocycles. The van der Waals surface area contributed by atoms with Crippen LogP contribution in [0.1, 0.15) is 425 Å². The average molecular weight is 972 g/mol. The van der Waals surface area contributed by atoms with Crippen molar-refractivity contribution in [1.82, 2.24) is 0 Å². The van der Waals surface area contributed by atoms with E-state index >= 15 is 0 Å². The SMILES string of the molecule is CCCCCCCCCCCCCCCCCCCCCCCCCCCCCCCCCCOCCCCCCCCCCCCCCCCCCCCCCCCCCCCCCCCCC. The Bertz CT molecular complexity index is 754. The topological polar surface area (TPSA) is 9.23 Å². The first-order valence-corrected chi connectivity index (χ1v) is 34.0. The van der Waals surface area contributed by atoms with E-state index in [4.69, 9.17) is 4.74 Å². The van der Waals surface area contributed by atoms with Gasteiger partial charge < -0.3 is 4.74 Å². The summed E-state index contributed by atoms with van der Waals surface area (Å²) in [6, 6.07) is 0. The van der Waals surface area contributed by atoms with Gasteiger partial charge in [0.1, 0.15) is 0 Å². The zero-order chi connectivity index (χ0) is 49.4. The quantitative estimate of drug-likeness (QED) is 0.0552. The first-order valence-electron chi connectivity index (χ1n) is 34.0. The first kappa shape index (κ1) is 69.0. The summed E-state index contributed by atoms with van der Waals surface area (Å²) in [4.78, 5) is 0. The second kappa shape index (κ2) is 68.0. The fraction of sp³-hybridized carbons (Fsp3) is 1.00. The summed E-state index contributed by atoms with van der Waals surface area (Å²) >= 11 is 0. The number of hydrogen-bond donors (Lipinski definition) is 0. The van der Waals surface area contributed by atoms with Gasteiger partial charge in [0.25, 0.3) is 0 Å². The Hall–Kier alpha value is -0.0400. The van der Waals surface area contributed by atoms with Gasteiger partial charge in [-0.05, 0) is 12.8 Å². The minimum absolute atomic E-state index is 0.999. The Morgan fingerprint density at radius 3 is 0.304 bits per heavy atom. The highest BCUT2D eigenvalue weighted by Gasteiger charge is 2.01. The maximum Gasteiger partial charge on any atom is 0.0466 e. The van der Waals surface area contributed by atoms with Crippen LogP contribution in [0.5, 0.6) is 0 Å². The van der Waals surface area contributed by atoms with Crippen LogP contribution in [-0.2, 0) is 4.74 Å². The lowest BCUT2D eigenvalue weighted by molar-refractivity contribution is 0.125. The van der Waals surface area contributed by atoms with E-state index in [0.29, 0.717) is 0 Å². The molecule has 0 atom stereocenters. The summed E-state index contributed by atoms with van der Waals surface area (Å²) in [6.07, 6.45) is 93.9. The lowest BCUT2D eigenvalue weighted by Crippen LogP contribution is -1.97. The molecule has 0 bridgehead atoms. The van der Waals surface area contributed by atoms with Crippen molar-refractivity contribution in [1.29, 1.82) is 0 Å². The minimum atomic E-state index is 0.999. The molecule has 0 aliphatic carbocycles. The fourth-order valence-electron chi connectivity index (χ4n) is 11.3. The van der Waals surface area contributed by atoms with Gasteiger partial charge in [0.2, 0.25) is 0 Å². The highest BCUT2D eigenvalue weighted by atomic mass is 16.5. The van der Waals surface area contributed by atoms with Gasteiger partial charge in [-0.3, -0.25) is 0 Å². The Morgan fingerprint density at radius 1 is 0.116 bits per heavy atom. The smallest absolute Gasteiger partial charge is 0.0466 e. The molecule has 0 aromatic heterocycles. The van der Waals surface area contributed by atoms with Gasteiger partial charge in [0.05, 0.1) is 0 Å². The molecular weight excluding hydrogens is 833 g/mol. The molecule has 0 saturated heterocycles. The van der Waals surface area contributed by atoms with Crippen LogP contribution in [0, 0.1) is 0 Å². The summed E-state index contributed by atoms with van der Waals surface area (Å²) in [5.41, 5.74) is 0. The van der Waals surface area contributed by atoms with Gasteiger partial charge in [0.15, 0.2) is 0 Å². The van der Waals surface area contributed by atoms with E-state index in [1.807, 2.05) is 0 Å². The van der Waals surface area contributed by atoms with E-state index in [0.717, 1.165) is 13.2 Å². The van der Waals surface area contributed by atoms with Crippen LogP contribution in [0.4, 0.5) is 0 Å². The Kier molecular flexibility index (Phi) is 67.9. The molecule has 0 amide bonds. The van der Waals surface area contributed by atoms with Gasteiger partial charge in [-0.25, -0.2) is 0 Å². The molecule has 0 aromatic carbocycles. The van der Waals surface area contributed by atoms with E-state index in [2.05, 4.69) is 13.8 Å². The molecule has 0 aromatic rings. The molecule has 0 unspecified atom stereocenters. The molecule has 1 nitrogen and oxygen atoms in total. The normalized spacial score (nSPS) is 11.7. The minimum Gasteiger partial charge on any atom is -0.381 e. The van der Waals surface area contributed by atoms with Crippen LogP contribution >= 0.6 is 0 Å². The van der Waals surface area contributed by atoms with Crippen molar-refractivity contribution in [3.8, 4) is 0 Å². The Morgan fingerprint density at radius 2 is 0.203 bits per heavy atom.